The van der Waals surface area contributed by atoms with Gasteiger partial charge in [-0.2, -0.15) is 0 Å². The number of terminal acetylenes is 1. The second kappa shape index (κ2) is 5.77. The normalized spacial score (nSPS) is 14.3. The molecule has 0 heterocycles. The molecule has 0 amide bonds. The zero-order valence-corrected chi connectivity index (χ0v) is 9.46. The number of hydrogen-bond donors (Lipinski definition) is 2. The molecule has 0 aliphatic heterocycles. The van der Waals surface area contributed by atoms with E-state index in [4.69, 9.17) is 23.8 Å². The summed E-state index contributed by atoms with van der Waals surface area (Å²) < 4.78 is 0. The first-order valence-corrected chi connectivity index (χ1v) is 5.23. The molecule has 0 radical (unpaired) electrons. The largest absolute Gasteiger partial charge is 0.329 e. The van der Waals surface area contributed by atoms with Crippen molar-refractivity contribution in [2.75, 3.05) is 6.54 Å². The lowest BCUT2D eigenvalue weighted by Gasteiger charge is -2.20. The second-order valence-electron chi connectivity index (χ2n) is 3.36. The zero-order valence-electron chi connectivity index (χ0n) is 8.70. The molecule has 1 aromatic carbocycles. The number of rotatable bonds is 4. The van der Waals surface area contributed by atoms with Gasteiger partial charge in [-0.1, -0.05) is 35.7 Å². The Hall–Kier alpha value is -1.01. The van der Waals surface area contributed by atoms with Crippen molar-refractivity contribution in [2.24, 2.45) is 5.73 Å². The molecule has 3 N–H and O–H groups in total. The van der Waals surface area contributed by atoms with Crippen LogP contribution >= 0.6 is 11.6 Å². The van der Waals surface area contributed by atoms with Gasteiger partial charge in [0.1, 0.15) is 0 Å². The highest BCUT2D eigenvalue weighted by Gasteiger charge is 2.13. The van der Waals surface area contributed by atoms with Gasteiger partial charge in [-0.15, -0.1) is 6.42 Å². The lowest BCUT2D eigenvalue weighted by atomic mass is 10.1. The maximum absolute atomic E-state index is 6.08. The lowest BCUT2D eigenvalue weighted by molar-refractivity contribution is 0.518. The van der Waals surface area contributed by atoms with Crippen molar-refractivity contribution in [1.82, 2.24) is 5.32 Å². The summed E-state index contributed by atoms with van der Waals surface area (Å²) >= 11 is 6.08. The van der Waals surface area contributed by atoms with Crippen molar-refractivity contribution in [3.63, 3.8) is 0 Å². The number of benzene rings is 1. The third kappa shape index (κ3) is 3.24. The van der Waals surface area contributed by atoms with Crippen LogP contribution in [0.1, 0.15) is 18.5 Å². The minimum atomic E-state index is -0.0187. The Morgan fingerprint density at radius 1 is 1.53 bits per heavy atom. The van der Waals surface area contributed by atoms with E-state index in [0.717, 1.165) is 5.56 Å². The van der Waals surface area contributed by atoms with E-state index < -0.39 is 0 Å². The minimum Gasteiger partial charge on any atom is -0.329 e. The molecular formula is C12H15ClN2. The van der Waals surface area contributed by atoms with E-state index in [1.165, 1.54) is 0 Å². The highest BCUT2D eigenvalue weighted by molar-refractivity contribution is 6.31. The van der Waals surface area contributed by atoms with Gasteiger partial charge < -0.3 is 5.73 Å². The SMILES string of the molecule is C#CC(C)NC(CN)c1ccccc1Cl. The molecule has 15 heavy (non-hydrogen) atoms. The first kappa shape index (κ1) is 12.1. The van der Waals surface area contributed by atoms with Crippen LogP contribution in [0.3, 0.4) is 0 Å². The number of hydrogen-bond acceptors (Lipinski definition) is 2. The van der Waals surface area contributed by atoms with Gasteiger partial charge in [-0.05, 0) is 18.6 Å². The van der Waals surface area contributed by atoms with E-state index in [0.29, 0.717) is 11.6 Å². The topological polar surface area (TPSA) is 38.0 Å². The molecule has 2 nitrogen and oxygen atoms in total. The summed E-state index contributed by atoms with van der Waals surface area (Å²) in [4.78, 5) is 0. The van der Waals surface area contributed by atoms with Crippen molar-refractivity contribution in [3.8, 4) is 12.3 Å². The smallest absolute Gasteiger partial charge is 0.0663 e. The summed E-state index contributed by atoms with van der Waals surface area (Å²) in [6, 6.07) is 7.62. The molecule has 0 aliphatic carbocycles. The predicted octanol–water partition coefficient (Wildman–Crippen LogP) is 1.95. The molecule has 1 aromatic rings. The van der Waals surface area contributed by atoms with E-state index in [-0.39, 0.29) is 12.1 Å². The highest BCUT2D eigenvalue weighted by Crippen LogP contribution is 2.22. The van der Waals surface area contributed by atoms with Gasteiger partial charge >= 0.3 is 0 Å². The maximum atomic E-state index is 6.08. The van der Waals surface area contributed by atoms with Gasteiger partial charge in [0.25, 0.3) is 0 Å². The third-order valence-corrected chi connectivity index (χ3v) is 2.56. The first-order chi connectivity index (χ1) is 7.19. The van der Waals surface area contributed by atoms with Crippen molar-refractivity contribution in [3.05, 3.63) is 34.9 Å². The summed E-state index contributed by atoms with van der Waals surface area (Å²) in [5.41, 5.74) is 6.68. The Morgan fingerprint density at radius 2 is 2.20 bits per heavy atom. The molecule has 0 saturated heterocycles. The fourth-order valence-corrected chi connectivity index (χ4v) is 1.66. The molecule has 2 atom stereocenters. The van der Waals surface area contributed by atoms with Gasteiger partial charge in [0.15, 0.2) is 0 Å². The Kier molecular flexibility index (Phi) is 4.64. The summed E-state index contributed by atoms with van der Waals surface area (Å²) in [6.07, 6.45) is 5.30. The average Bonchev–Trinajstić information content (AvgIpc) is 2.26. The average molecular weight is 223 g/mol. The molecule has 2 unspecified atom stereocenters. The summed E-state index contributed by atoms with van der Waals surface area (Å²) in [7, 11) is 0. The van der Waals surface area contributed by atoms with Crippen molar-refractivity contribution >= 4 is 11.6 Å². The fourth-order valence-electron chi connectivity index (χ4n) is 1.39. The quantitative estimate of drug-likeness (QED) is 0.765. The summed E-state index contributed by atoms with van der Waals surface area (Å²) in [6.45, 7) is 2.38. The Morgan fingerprint density at radius 3 is 2.73 bits per heavy atom. The van der Waals surface area contributed by atoms with Crippen LogP contribution in [0.5, 0.6) is 0 Å². The van der Waals surface area contributed by atoms with E-state index in [9.17, 15) is 0 Å². The van der Waals surface area contributed by atoms with Crippen LogP contribution in [0.4, 0.5) is 0 Å². The van der Waals surface area contributed by atoms with Crippen molar-refractivity contribution in [2.45, 2.75) is 19.0 Å². The van der Waals surface area contributed by atoms with Crippen LogP contribution in [0.25, 0.3) is 0 Å². The molecular weight excluding hydrogens is 208 g/mol. The van der Waals surface area contributed by atoms with Gasteiger partial charge in [-0.25, -0.2) is 0 Å². The molecule has 0 bridgehead atoms. The van der Waals surface area contributed by atoms with Crippen LogP contribution in [-0.4, -0.2) is 12.6 Å². The van der Waals surface area contributed by atoms with Crippen LogP contribution in [0.15, 0.2) is 24.3 Å². The molecule has 0 spiro atoms. The zero-order chi connectivity index (χ0) is 11.3. The lowest BCUT2D eigenvalue weighted by Crippen LogP contribution is -2.34. The standard InChI is InChI=1S/C12H15ClN2/c1-3-9(2)15-12(8-14)10-6-4-5-7-11(10)13/h1,4-7,9,12,15H,8,14H2,2H3. The Labute approximate surface area is 95.8 Å². The number of nitrogens with one attached hydrogen (secondary N) is 1. The fraction of sp³-hybridized carbons (Fsp3) is 0.333. The summed E-state index contributed by atoms with van der Waals surface area (Å²) in [5.74, 6) is 2.61. The van der Waals surface area contributed by atoms with Crippen LogP contribution in [0.2, 0.25) is 5.02 Å². The van der Waals surface area contributed by atoms with E-state index in [1.807, 2.05) is 31.2 Å². The van der Waals surface area contributed by atoms with Gasteiger partial charge in [0.2, 0.25) is 0 Å². The molecule has 1 rings (SSSR count). The van der Waals surface area contributed by atoms with Gasteiger partial charge in [-0.3, -0.25) is 5.32 Å². The summed E-state index contributed by atoms with van der Waals surface area (Å²) in [5, 5.41) is 3.94. The molecule has 0 aliphatic rings. The number of nitrogens with two attached hydrogens (primary N) is 1. The molecule has 0 aromatic heterocycles. The maximum Gasteiger partial charge on any atom is 0.0663 e. The van der Waals surface area contributed by atoms with Crippen LogP contribution in [0, 0.1) is 12.3 Å². The Balaban J connectivity index is 2.84. The van der Waals surface area contributed by atoms with Crippen molar-refractivity contribution in [1.29, 1.82) is 0 Å². The van der Waals surface area contributed by atoms with Gasteiger partial charge in [0.05, 0.1) is 6.04 Å². The first-order valence-electron chi connectivity index (χ1n) is 4.85. The minimum absolute atomic E-state index is 0.00440. The highest BCUT2D eigenvalue weighted by atomic mass is 35.5. The predicted molar refractivity (Wildman–Crippen MR) is 64.7 cm³/mol. The van der Waals surface area contributed by atoms with Crippen LogP contribution < -0.4 is 11.1 Å². The van der Waals surface area contributed by atoms with E-state index >= 15 is 0 Å². The second-order valence-corrected chi connectivity index (χ2v) is 3.77. The van der Waals surface area contributed by atoms with E-state index in [2.05, 4.69) is 11.2 Å². The molecule has 0 saturated carbocycles. The number of halogens is 1. The molecule has 80 valence electrons. The van der Waals surface area contributed by atoms with Crippen LogP contribution in [-0.2, 0) is 0 Å². The molecule has 0 fully saturated rings. The Bertz CT molecular complexity index is 357. The van der Waals surface area contributed by atoms with Crippen molar-refractivity contribution < 1.29 is 0 Å². The van der Waals surface area contributed by atoms with E-state index in [1.54, 1.807) is 0 Å². The van der Waals surface area contributed by atoms with Gasteiger partial charge in [0, 0.05) is 17.6 Å². The third-order valence-electron chi connectivity index (χ3n) is 2.22. The molecule has 3 heteroatoms. The monoisotopic (exact) mass is 222 g/mol.